The van der Waals surface area contributed by atoms with E-state index < -0.39 is 12.9 Å². The quantitative estimate of drug-likeness (QED) is 0.346. The molecule has 0 radical (unpaired) electrons. The Morgan fingerprint density at radius 2 is 1.90 bits per heavy atom. The van der Waals surface area contributed by atoms with Crippen LogP contribution >= 0.6 is 0 Å². The molecule has 0 saturated carbocycles. The van der Waals surface area contributed by atoms with Gasteiger partial charge in [0.25, 0.3) is 0 Å². The van der Waals surface area contributed by atoms with Gasteiger partial charge in [-0.25, -0.2) is 15.0 Å². The molecule has 0 atom stereocenters. The number of rotatable bonds is 7. The summed E-state index contributed by atoms with van der Waals surface area (Å²) in [4.78, 5) is 32.1. The number of likely N-dealkylation sites (tertiary alicyclic amines) is 1. The number of nitrogens with two attached hydrogens (primary N) is 1. The van der Waals surface area contributed by atoms with E-state index in [1.807, 2.05) is 28.8 Å². The summed E-state index contributed by atoms with van der Waals surface area (Å²) in [6, 6.07) is 15.7. The van der Waals surface area contributed by atoms with Crippen LogP contribution in [0.25, 0.3) is 28.2 Å². The average molecular weight is 556 g/mol. The molecule has 3 aromatic heterocycles. The van der Waals surface area contributed by atoms with Crippen molar-refractivity contribution in [3.05, 3.63) is 72.9 Å². The summed E-state index contributed by atoms with van der Waals surface area (Å²) in [7, 11) is 0. The number of carbonyl (C=O) groups excluding carboxylic acids is 1. The van der Waals surface area contributed by atoms with Crippen molar-refractivity contribution < 1.29 is 13.6 Å². The normalized spacial score (nSPS) is 18.0. The van der Waals surface area contributed by atoms with Crippen molar-refractivity contribution in [2.45, 2.75) is 25.4 Å². The van der Waals surface area contributed by atoms with Crippen LogP contribution in [0.5, 0.6) is 0 Å². The topological polar surface area (TPSA) is 106 Å². The van der Waals surface area contributed by atoms with Crippen LogP contribution < -0.4 is 10.6 Å². The van der Waals surface area contributed by atoms with Crippen molar-refractivity contribution >= 4 is 28.7 Å². The number of morpholine rings is 1. The Hall–Kier alpha value is -4.28. The summed E-state index contributed by atoms with van der Waals surface area (Å²) < 4.78 is 31.0. The highest BCUT2D eigenvalue weighted by molar-refractivity contribution is 5.87. The molecule has 6 rings (SSSR count). The van der Waals surface area contributed by atoms with E-state index in [2.05, 4.69) is 45.6 Å². The molecule has 2 N–H and O–H groups in total. The number of ether oxygens (including phenoxy) is 1. The summed E-state index contributed by atoms with van der Waals surface area (Å²) in [5.41, 5.74) is 10.5. The fourth-order valence-corrected chi connectivity index (χ4v) is 5.57. The Morgan fingerprint density at radius 1 is 1.12 bits per heavy atom. The number of nitrogen functional groups attached to an aromatic ring is 1. The van der Waals surface area contributed by atoms with Crippen molar-refractivity contribution in [2.75, 3.05) is 57.0 Å². The zero-order valence-corrected chi connectivity index (χ0v) is 22.9. The Morgan fingerprint density at radius 3 is 2.61 bits per heavy atom. The molecule has 2 saturated heterocycles. The maximum atomic E-state index is 12.3. The van der Waals surface area contributed by atoms with Gasteiger partial charge in [-0.2, -0.15) is 0 Å². The van der Waals surface area contributed by atoms with Gasteiger partial charge in [0.2, 0.25) is 5.91 Å². The lowest BCUT2D eigenvalue weighted by atomic mass is 10.0. The van der Waals surface area contributed by atoms with Crippen LogP contribution in [-0.2, 0) is 16.1 Å². The Balaban J connectivity index is 1.25. The van der Waals surface area contributed by atoms with Gasteiger partial charge in [-0.05, 0) is 60.9 Å². The van der Waals surface area contributed by atoms with Crippen molar-refractivity contribution in [3.63, 3.8) is 0 Å². The van der Waals surface area contributed by atoms with Gasteiger partial charge in [0.15, 0.2) is 11.5 Å². The maximum Gasteiger partial charge on any atom is 0.245 e. The number of likely N-dealkylation sites (N-methyl/N-ethyl adjacent to an activating group) is 1. The van der Waals surface area contributed by atoms with E-state index in [0.29, 0.717) is 57.3 Å². The predicted octanol–water partition coefficient (Wildman–Crippen LogP) is 3.51. The molecule has 5 heterocycles. The fourth-order valence-electron chi connectivity index (χ4n) is 5.57. The minimum Gasteiger partial charge on any atom is -0.383 e. The molecular formula is C31H36N8O2. The minimum absolute atomic E-state index is 0.339. The van der Waals surface area contributed by atoms with Crippen molar-refractivity contribution in [2.24, 2.45) is 0 Å². The molecule has 4 aromatic rings. The molecule has 0 aliphatic carbocycles. The highest BCUT2D eigenvalue weighted by Gasteiger charge is 2.25. The number of carbonyl (C=O) groups is 1. The number of anilines is 2. The second-order valence-electron chi connectivity index (χ2n) is 10.4. The van der Waals surface area contributed by atoms with Gasteiger partial charge in [-0.15, -0.1) is 0 Å². The number of hydrogen-bond donors (Lipinski definition) is 1. The Bertz CT molecular complexity index is 1640. The van der Waals surface area contributed by atoms with E-state index in [0.717, 1.165) is 57.9 Å². The van der Waals surface area contributed by atoms with Gasteiger partial charge in [0.1, 0.15) is 17.2 Å². The third kappa shape index (κ3) is 5.53. The predicted molar refractivity (Wildman–Crippen MR) is 161 cm³/mol. The number of fused-ring (bicyclic) bond motifs is 1. The number of piperidine rings is 1. The zero-order chi connectivity index (χ0) is 30.8. The number of pyridine rings is 2. The van der Waals surface area contributed by atoms with Gasteiger partial charge >= 0.3 is 0 Å². The molecule has 2 fully saturated rings. The fraction of sp³-hybridized carbons (Fsp3) is 0.355. The number of nitrogens with zero attached hydrogens (tertiary/aromatic N) is 7. The molecule has 1 amide bonds. The molecule has 0 bridgehead atoms. The standard InChI is InChI=1S/C31H36N8O2/c1-3-28(40)36(2)23-12-15-37(16-13-23)21-22-6-8-24(9-7-22)39-30(25-5-4-14-33-29(25)32)34-26-10-11-27(35-31(26)39)38-17-19-41-20-18-38/h3-11,14,23H,1,12-13,15-21H2,2H3,(H2,32,33)/i2D3. The molecule has 10 heteroatoms. The highest BCUT2D eigenvalue weighted by atomic mass is 16.5. The first-order valence-electron chi connectivity index (χ1n) is 15.4. The molecule has 2 aliphatic heterocycles. The number of aromatic nitrogens is 4. The van der Waals surface area contributed by atoms with Gasteiger partial charge in [-0.3, -0.25) is 14.3 Å². The van der Waals surface area contributed by atoms with Crippen LogP contribution in [0.1, 0.15) is 22.5 Å². The molecule has 0 spiro atoms. The first kappa shape index (κ1) is 23.4. The molecule has 10 nitrogen and oxygen atoms in total. The van der Waals surface area contributed by atoms with Crippen LogP contribution in [0.15, 0.2) is 67.4 Å². The number of imidazole rings is 1. The van der Waals surface area contributed by atoms with Crippen LogP contribution in [0.2, 0.25) is 0 Å². The molecular weight excluding hydrogens is 516 g/mol. The van der Waals surface area contributed by atoms with Crippen LogP contribution in [0, 0.1) is 0 Å². The van der Waals surface area contributed by atoms with E-state index in [-0.39, 0.29) is 6.04 Å². The third-order valence-corrected chi connectivity index (χ3v) is 7.84. The van der Waals surface area contributed by atoms with E-state index in [9.17, 15) is 4.79 Å². The van der Waals surface area contributed by atoms with E-state index in [1.165, 1.54) is 0 Å². The van der Waals surface area contributed by atoms with Crippen molar-refractivity contribution in [1.29, 1.82) is 0 Å². The van der Waals surface area contributed by atoms with Gasteiger partial charge in [-0.1, -0.05) is 18.7 Å². The molecule has 1 aromatic carbocycles. The molecule has 41 heavy (non-hydrogen) atoms. The first-order valence-corrected chi connectivity index (χ1v) is 13.9. The largest absolute Gasteiger partial charge is 0.383 e. The zero-order valence-electron chi connectivity index (χ0n) is 25.9. The van der Waals surface area contributed by atoms with Crippen molar-refractivity contribution in [1.82, 2.24) is 29.3 Å². The molecule has 0 unspecified atom stereocenters. The van der Waals surface area contributed by atoms with Crippen LogP contribution in [0.4, 0.5) is 11.6 Å². The summed E-state index contributed by atoms with van der Waals surface area (Å²) in [5, 5.41) is 0. The molecule has 2 aliphatic rings. The lowest BCUT2D eigenvalue weighted by molar-refractivity contribution is -0.127. The van der Waals surface area contributed by atoms with Crippen molar-refractivity contribution in [3.8, 4) is 17.1 Å². The van der Waals surface area contributed by atoms with E-state index in [1.54, 1.807) is 6.20 Å². The highest BCUT2D eigenvalue weighted by Crippen LogP contribution is 2.31. The SMILES string of the molecule is [2H]C([2H])([2H])N(C(=O)C=C)C1CCN(Cc2ccc(-n3c(-c4cccnc4N)nc4ccc(N5CCOCC5)nc43)cc2)CC1. The van der Waals surface area contributed by atoms with Gasteiger partial charge in [0, 0.05) is 61.7 Å². The van der Waals surface area contributed by atoms with Gasteiger partial charge in [0.05, 0.1) is 18.8 Å². The lowest BCUT2D eigenvalue weighted by Gasteiger charge is -2.36. The smallest absolute Gasteiger partial charge is 0.245 e. The lowest BCUT2D eigenvalue weighted by Crippen LogP contribution is -2.44. The number of benzene rings is 1. The summed E-state index contributed by atoms with van der Waals surface area (Å²) >= 11 is 0. The van der Waals surface area contributed by atoms with E-state index >= 15 is 0 Å². The minimum atomic E-state index is -2.48. The monoisotopic (exact) mass is 555 g/mol. The second kappa shape index (κ2) is 11.7. The summed E-state index contributed by atoms with van der Waals surface area (Å²) in [5.74, 6) is 1.38. The van der Waals surface area contributed by atoms with E-state index in [4.69, 9.17) is 24.6 Å². The first-order chi connectivity index (χ1) is 21.2. The average Bonchev–Trinajstić information content (AvgIpc) is 3.41. The Labute approximate surface area is 244 Å². The summed E-state index contributed by atoms with van der Waals surface area (Å²) in [6.07, 6.45) is 3.92. The molecule has 212 valence electrons. The van der Waals surface area contributed by atoms with Crippen LogP contribution in [0.3, 0.4) is 0 Å². The number of amides is 1. The maximum absolute atomic E-state index is 12.3. The summed E-state index contributed by atoms with van der Waals surface area (Å²) in [6.45, 7) is 5.97. The Kier molecular flexibility index (Phi) is 6.67. The second-order valence-corrected chi connectivity index (χ2v) is 10.4. The van der Waals surface area contributed by atoms with Crippen LogP contribution in [-0.4, -0.2) is 87.6 Å². The van der Waals surface area contributed by atoms with Gasteiger partial charge < -0.3 is 20.3 Å². The number of hydrogen-bond acceptors (Lipinski definition) is 8. The third-order valence-electron chi connectivity index (χ3n) is 7.84.